The molecule has 2 N–H and O–H groups in total. The first kappa shape index (κ1) is 18.4. The third kappa shape index (κ3) is 4.15. The van der Waals surface area contributed by atoms with Gasteiger partial charge in [-0.2, -0.15) is 0 Å². The summed E-state index contributed by atoms with van der Waals surface area (Å²) >= 11 is 0. The van der Waals surface area contributed by atoms with Gasteiger partial charge < -0.3 is 10.2 Å². The van der Waals surface area contributed by atoms with Gasteiger partial charge in [-0.1, -0.05) is 43.5 Å². The van der Waals surface area contributed by atoms with Crippen LogP contribution >= 0.6 is 0 Å². The Labute approximate surface area is 163 Å². The van der Waals surface area contributed by atoms with Crippen molar-refractivity contribution < 1.29 is 10.2 Å². The van der Waals surface area contributed by atoms with Crippen LogP contribution in [0.1, 0.15) is 85.5 Å². The van der Waals surface area contributed by atoms with Gasteiger partial charge in [0.15, 0.2) is 0 Å². The molecule has 4 rings (SSSR count). The van der Waals surface area contributed by atoms with Gasteiger partial charge in [0.25, 0.3) is 0 Å². The number of aryl methyl sites for hydroxylation is 1. The molecule has 2 atom stereocenters. The Balaban J connectivity index is 1.40. The molecular weight excluding hydrogens is 332 g/mol. The first-order valence-corrected chi connectivity index (χ1v) is 10.7. The zero-order valence-corrected chi connectivity index (χ0v) is 16.5. The molecule has 2 heteroatoms. The maximum atomic E-state index is 10.6. The molecule has 2 unspecified atom stereocenters. The van der Waals surface area contributed by atoms with E-state index in [1.54, 1.807) is 0 Å². The highest BCUT2D eigenvalue weighted by atomic mass is 16.3. The van der Waals surface area contributed by atoms with E-state index < -0.39 is 0 Å². The van der Waals surface area contributed by atoms with Crippen LogP contribution in [0.2, 0.25) is 0 Å². The van der Waals surface area contributed by atoms with Crippen LogP contribution in [-0.2, 0) is 6.42 Å². The van der Waals surface area contributed by atoms with E-state index in [0.29, 0.717) is 29.3 Å². The standard InChI is InChI=1S/C25H32O2/c1-17-7-11-23(24(26)13-17)21-10-8-18(15-21)14-19-9-12-22(25(27)16-19)20-5-3-2-4-6-20/h7,9,11-13,16,18,20-21,26-27H,2-6,8,10,14-15H2,1H3. The summed E-state index contributed by atoms with van der Waals surface area (Å²) in [6.45, 7) is 2.02. The van der Waals surface area contributed by atoms with Crippen molar-refractivity contribution in [3.8, 4) is 11.5 Å². The lowest BCUT2D eigenvalue weighted by molar-refractivity contribution is 0.413. The fraction of sp³-hybridized carbons (Fsp3) is 0.520. The second kappa shape index (κ2) is 7.96. The van der Waals surface area contributed by atoms with Crippen LogP contribution in [0.25, 0.3) is 0 Å². The Hall–Kier alpha value is -1.96. The van der Waals surface area contributed by atoms with Gasteiger partial charge in [0.05, 0.1) is 0 Å². The number of benzene rings is 2. The molecule has 0 amide bonds. The molecule has 144 valence electrons. The van der Waals surface area contributed by atoms with Crippen LogP contribution < -0.4 is 0 Å². The molecule has 2 nitrogen and oxygen atoms in total. The molecule has 0 spiro atoms. The SMILES string of the molecule is Cc1ccc(C2CCC(Cc3ccc(C4CCCCC4)c(O)c3)C2)c(O)c1. The number of phenols is 2. The van der Waals surface area contributed by atoms with Crippen LogP contribution in [0, 0.1) is 12.8 Å². The Morgan fingerprint density at radius 1 is 0.778 bits per heavy atom. The second-order valence-electron chi connectivity index (χ2n) is 8.87. The van der Waals surface area contributed by atoms with Gasteiger partial charge in [0.2, 0.25) is 0 Å². The molecule has 0 saturated heterocycles. The summed E-state index contributed by atoms with van der Waals surface area (Å²) in [6.07, 6.45) is 10.9. The molecule has 0 aromatic heterocycles. The van der Waals surface area contributed by atoms with Crippen LogP contribution in [0.4, 0.5) is 0 Å². The number of aromatic hydroxyl groups is 2. The van der Waals surface area contributed by atoms with Crippen molar-refractivity contribution in [2.24, 2.45) is 5.92 Å². The maximum absolute atomic E-state index is 10.6. The van der Waals surface area contributed by atoms with Crippen LogP contribution in [0.3, 0.4) is 0 Å². The van der Waals surface area contributed by atoms with Crippen LogP contribution in [-0.4, -0.2) is 10.2 Å². The average Bonchev–Trinajstić information content (AvgIpc) is 3.10. The Morgan fingerprint density at radius 2 is 1.48 bits per heavy atom. The van der Waals surface area contributed by atoms with Gasteiger partial charge in [-0.05, 0) is 97.6 Å². The quantitative estimate of drug-likeness (QED) is 0.643. The molecule has 0 bridgehead atoms. The minimum atomic E-state index is 0.454. The summed E-state index contributed by atoms with van der Waals surface area (Å²) < 4.78 is 0. The van der Waals surface area contributed by atoms with Crippen molar-refractivity contribution in [2.75, 3.05) is 0 Å². The fourth-order valence-corrected chi connectivity index (χ4v) is 5.35. The van der Waals surface area contributed by atoms with E-state index in [0.717, 1.165) is 36.0 Å². The largest absolute Gasteiger partial charge is 0.508 e. The van der Waals surface area contributed by atoms with Crippen LogP contribution in [0.5, 0.6) is 11.5 Å². The van der Waals surface area contributed by atoms with Gasteiger partial charge in [-0.15, -0.1) is 0 Å². The van der Waals surface area contributed by atoms with Crippen molar-refractivity contribution in [1.82, 2.24) is 0 Å². The molecule has 2 aromatic rings. The van der Waals surface area contributed by atoms with Gasteiger partial charge in [0.1, 0.15) is 11.5 Å². The zero-order chi connectivity index (χ0) is 18.8. The monoisotopic (exact) mass is 364 g/mol. The van der Waals surface area contributed by atoms with E-state index in [9.17, 15) is 10.2 Å². The Morgan fingerprint density at radius 3 is 2.22 bits per heavy atom. The molecule has 2 saturated carbocycles. The summed E-state index contributed by atoms with van der Waals surface area (Å²) in [5.74, 6) is 2.61. The molecule has 2 aliphatic carbocycles. The topological polar surface area (TPSA) is 40.5 Å². The first-order valence-electron chi connectivity index (χ1n) is 10.7. The number of rotatable bonds is 4. The van der Waals surface area contributed by atoms with E-state index in [1.165, 1.54) is 44.1 Å². The smallest absolute Gasteiger partial charge is 0.119 e. The van der Waals surface area contributed by atoms with Gasteiger partial charge in [-0.3, -0.25) is 0 Å². The highest BCUT2D eigenvalue weighted by Crippen LogP contribution is 2.43. The minimum Gasteiger partial charge on any atom is -0.508 e. The van der Waals surface area contributed by atoms with Gasteiger partial charge in [-0.25, -0.2) is 0 Å². The summed E-state index contributed by atoms with van der Waals surface area (Å²) in [7, 11) is 0. The maximum Gasteiger partial charge on any atom is 0.119 e. The van der Waals surface area contributed by atoms with Gasteiger partial charge in [0, 0.05) is 0 Å². The minimum absolute atomic E-state index is 0.454. The summed E-state index contributed by atoms with van der Waals surface area (Å²) in [5.41, 5.74) is 4.64. The zero-order valence-electron chi connectivity index (χ0n) is 16.5. The van der Waals surface area contributed by atoms with Crippen molar-refractivity contribution in [1.29, 1.82) is 0 Å². The van der Waals surface area contributed by atoms with Crippen molar-refractivity contribution in [3.05, 3.63) is 58.7 Å². The van der Waals surface area contributed by atoms with Crippen molar-refractivity contribution >= 4 is 0 Å². The number of hydrogen-bond acceptors (Lipinski definition) is 2. The highest BCUT2D eigenvalue weighted by Gasteiger charge is 2.28. The molecule has 0 radical (unpaired) electrons. The van der Waals surface area contributed by atoms with E-state index in [4.69, 9.17) is 0 Å². The molecule has 2 aromatic carbocycles. The molecular formula is C25H32O2. The fourth-order valence-electron chi connectivity index (χ4n) is 5.35. The van der Waals surface area contributed by atoms with E-state index in [1.807, 2.05) is 19.1 Å². The van der Waals surface area contributed by atoms with E-state index in [2.05, 4.69) is 24.3 Å². The molecule has 0 heterocycles. The molecule has 0 aliphatic heterocycles. The second-order valence-corrected chi connectivity index (χ2v) is 8.87. The third-order valence-electron chi connectivity index (χ3n) is 6.83. The third-order valence-corrected chi connectivity index (χ3v) is 6.83. The molecule has 27 heavy (non-hydrogen) atoms. The van der Waals surface area contributed by atoms with Crippen LogP contribution in [0.15, 0.2) is 36.4 Å². The Bertz CT molecular complexity index is 789. The predicted molar refractivity (Wildman–Crippen MR) is 111 cm³/mol. The van der Waals surface area contributed by atoms with Crippen molar-refractivity contribution in [3.63, 3.8) is 0 Å². The van der Waals surface area contributed by atoms with Gasteiger partial charge >= 0.3 is 0 Å². The summed E-state index contributed by atoms with van der Waals surface area (Å²) in [6, 6.07) is 12.5. The summed E-state index contributed by atoms with van der Waals surface area (Å²) in [5, 5.41) is 20.9. The lowest BCUT2D eigenvalue weighted by Gasteiger charge is -2.23. The molecule has 2 aliphatic rings. The van der Waals surface area contributed by atoms with E-state index >= 15 is 0 Å². The number of hydrogen-bond donors (Lipinski definition) is 2. The summed E-state index contributed by atoms with van der Waals surface area (Å²) in [4.78, 5) is 0. The normalized spacial score (nSPS) is 23.6. The van der Waals surface area contributed by atoms with Crippen molar-refractivity contribution in [2.45, 2.75) is 76.5 Å². The lowest BCUT2D eigenvalue weighted by atomic mass is 9.83. The highest BCUT2D eigenvalue weighted by molar-refractivity contribution is 5.40. The average molecular weight is 365 g/mol. The molecule has 2 fully saturated rings. The van der Waals surface area contributed by atoms with E-state index in [-0.39, 0.29) is 0 Å². The predicted octanol–water partition coefficient (Wildman–Crippen LogP) is 6.58. The number of phenolic OH excluding ortho intramolecular Hbond substituents is 2. The first-order chi connectivity index (χ1) is 13.1. The Kier molecular flexibility index (Phi) is 5.43. The lowest BCUT2D eigenvalue weighted by Crippen LogP contribution is -2.06.